The normalized spacial score (nSPS) is 16.7. The highest BCUT2D eigenvalue weighted by molar-refractivity contribution is 5.99. The van der Waals surface area contributed by atoms with Crippen LogP contribution in [0.1, 0.15) is 60.4 Å². The van der Waals surface area contributed by atoms with Gasteiger partial charge in [-0.3, -0.25) is 23.9 Å². The lowest BCUT2D eigenvalue weighted by molar-refractivity contribution is -0.138. The van der Waals surface area contributed by atoms with E-state index in [1.54, 1.807) is 23.9 Å². The molecule has 0 radical (unpaired) electrons. The molecule has 1 saturated carbocycles. The van der Waals surface area contributed by atoms with Gasteiger partial charge < -0.3 is 15.3 Å². The standard InChI is InChI=1S/C27H33N7O4/c1-17-21-14-29-23(31-26(21)34(19-5-3-4-6-19)27(38)25(17)18(2)35)15-30-22-8-7-20(13-28-22)33-11-9-32(10-12-33)16-24(36)37/h7-8,13-14,19H,3-6,9-12,15-16H2,1-2H3,(H,28,30)(H,36,37). The maximum atomic E-state index is 13.4. The van der Waals surface area contributed by atoms with Gasteiger partial charge in [0.05, 0.1) is 30.5 Å². The first-order chi connectivity index (χ1) is 18.3. The summed E-state index contributed by atoms with van der Waals surface area (Å²) in [5.41, 5.74) is 2.18. The molecule has 3 aromatic heterocycles. The summed E-state index contributed by atoms with van der Waals surface area (Å²) in [5.74, 6) is 0.185. The van der Waals surface area contributed by atoms with Crippen molar-refractivity contribution in [2.75, 3.05) is 42.9 Å². The Morgan fingerprint density at radius 1 is 1.08 bits per heavy atom. The molecule has 11 heteroatoms. The number of carbonyl (C=O) groups excluding carboxylic acids is 1. The molecule has 2 fully saturated rings. The summed E-state index contributed by atoms with van der Waals surface area (Å²) in [6.07, 6.45) is 7.44. The fourth-order valence-electron chi connectivity index (χ4n) is 5.57. The van der Waals surface area contributed by atoms with Gasteiger partial charge in [0, 0.05) is 43.8 Å². The Morgan fingerprint density at radius 2 is 1.82 bits per heavy atom. The quantitative estimate of drug-likeness (QED) is 0.428. The number of carboxylic acid groups (broad SMARTS) is 1. The number of aliphatic carboxylic acids is 1. The van der Waals surface area contributed by atoms with Crippen molar-refractivity contribution in [1.29, 1.82) is 0 Å². The monoisotopic (exact) mass is 519 g/mol. The van der Waals surface area contributed by atoms with E-state index in [1.807, 2.05) is 17.0 Å². The van der Waals surface area contributed by atoms with Crippen LogP contribution in [0.5, 0.6) is 0 Å². The molecule has 200 valence electrons. The molecule has 0 bridgehead atoms. The lowest BCUT2D eigenvalue weighted by Crippen LogP contribution is -2.48. The van der Waals surface area contributed by atoms with E-state index in [-0.39, 0.29) is 29.5 Å². The molecule has 38 heavy (non-hydrogen) atoms. The van der Waals surface area contributed by atoms with Crippen molar-refractivity contribution in [3.63, 3.8) is 0 Å². The third kappa shape index (κ3) is 5.24. The van der Waals surface area contributed by atoms with Gasteiger partial charge in [0.2, 0.25) is 0 Å². The Hall–Kier alpha value is -3.86. The number of carboxylic acids is 1. The first kappa shape index (κ1) is 25.8. The highest BCUT2D eigenvalue weighted by atomic mass is 16.4. The molecule has 0 atom stereocenters. The summed E-state index contributed by atoms with van der Waals surface area (Å²) in [6, 6.07) is 3.94. The molecule has 3 aromatic rings. The third-order valence-electron chi connectivity index (χ3n) is 7.57. The number of pyridine rings is 2. The lowest BCUT2D eigenvalue weighted by Gasteiger charge is -2.35. The highest BCUT2D eigenvalue weighted by Crippen LogP contribution is 2.31. The lowest BCUT2D eigenvalue weighted by atomic mass is 10.0. The molecule has 1 aliphatic carbocycles. The molecule has 11 nitrogen and oxygen atoms in total. The number of Topliss-reactive ketones (excluding diaryl/α,β-unsaturated/α-hetero) is 1. The molecule has 2 aliphatic rings. The van der Waals surface area contributed by atoms with Crippen LogP contribution in [0, 0.1) is 6.92 Å². The number of nitrogens with zero attached hydrogens (tertiary/aromatic N) is 6. The molecule has 0 spiro atoms. The van der Waals surface area contributed by atoms with Gasteiger partial charge in [-0.05, 0) is 44.4 Å². The molecular formula is C27H33N7O4. The SMILES string of the molecule is CC(=O)c1c(C)c2cnc(CNc3ccc(N4CCN(CC(=O)O)CC4)cn3)nc2n(C2CCCC2)c1=O. The zero-order valence-corrected chi connectivity index (χ0v) is 21.8. The summed E-state index contributed by atoms with van der Waals surface area (Å²) in [7, 11) is 0. The third-order valence-corrected chi connectivity index (χ3v) is 7.57. The summed E-state index contributed by atoms with van der Waals surface area (Å²) in [6.45, 7) is 6.53. The second-order valence-electron chi connectivity index (χ2n) is 10.1. The second kappa shape index (κ2) is 10.9. The van der Waals surface area contributed by atoms with Gasteiger partial charge in [-0.15, -0.1) is 0 Å². The van der Waals surface area contributed by atoms with Crippen LogP contribution in [0.4, 0.5) is 11.5 Å². The van der Waals surface area contributed by atoms with Gasteiger partial charge in [0.25, 0.3) is 5.56 Å². The summed E-state index contributed by atoms with van der Waals surface area (Å²) in [5, 5.41) is 13.0. The van der Waals surface area contributed by atoms with E-state index < -0.39 is 5.97 Å². The van der Waals surface area contributed by atoms with Crippen LogP contribution < -0.4 is 15.8 Å². The first-order valence-corrected chi connectivity index (χ1v) is 13.1. The average molecular weight is 520 g/mol. The number of aryl methyl sites for hydroxylation is 1. The molecule has 0 unspecified atom stereocenters. The van der Waals surface area contributed by atoms with E-state index in [2.05, 4.69) is 20.2 Å². The molecule has 5 rings (SSSR count). The number of carbonyl (C=O) groups is 2. The number of piperazine rings is 1. The molecule has 0 aromatic carbocycles. The van der Waals surface area contributed by atoms with E-state index in [4.69, 9.17) is 10.1 Å². The number of fused-ring (bicyclic) bond motifs is 1. The van der Waals surface area contributed by atoms with E-state index >= 15 is 0 Å². The van der Waals surface area contributed by atoms with Gasteiger partial charge in [-0.1, -0.05) is 12.8 Å². The first-order valence-electron chi connectivity index (χ1n) is 13.1. The zero-order chi connectivity index (χ0) is 26.8. The van der Waals surface area contributed by atoms with Crippen LogP contribution in [-0.2, 0) is 11.3 Å². The minimum Gasteiger partial charge on any atom is -0.480 e. The Bertz CT molecular complexity index is 1410. The van der Waals surface area contributed by atoms with Gasteiger partial charge in [0.15, 0.2) is 5.78 Å². The van der Waals surface area contributed by atoms with Crippen LogP contribution >= 0.6 is 0 Å². The number of aromatic nitrogens is 4. The van der Waals surface area contributed by atoms with Gasteiger partial charge in [-0.2, -0.15) is 0 Å². The van der Waals surface area contributed by atoms with Crippen molar-refractivity contribution in [2.24, 2.45) is 0 Å². The molecule has 0 amide bonds. The van der Waals surface area contributed by atoms with Crippen LogP contribution in [0.15, 0.2) is 29.3 Å². The van der Waals surface area contributed by atoms with Crippen LogP contribution in [0.2, 0.25) is 0 Å². The largest absolute Gasteiger partial charge is 0.480 e. The van der Waals surface area contributed by atoms with E-state index in [1.165, 1.54) is 6.92 Å². The van der Waals surface area contributed by atoms with Crippen LogP contribution in [0.25, 0.3) is 11.0 Å². The maximum Gasteiger partial charge on any atom is 0.317 e. The van der Waals surface area contributed by atoms with Crippen molar-refractivity contribution in [1.82, 2.24) is 24.4 Å². The van der Waals surface area contributed by atoms with E-state index in [0.717, 1.165) is 49.8 Å². The predicted octanol–water partition coefficient (Wildman–Crippen LogP) is 2.63. The predicted molar refractivity (Wildman–Crippen MR) is 144 cm³/mol. The van der Waals surface area contributed by atoms with Crippen molar-refractivity contribution in [2.45, 2.75) is 52.1 Å². The second-order valence-corrected chi connectivity index (χ2v) is 10.1. The van der Waals surface area contributed by atoms with Crippen molar-refractivity contribution in [3.05, 3.63) is 51.8 Å². The maximum absolute atomic E-state index is 13.4. The summed E-state index contributed by atoms with van der Waals surface area (Å²) in [4.78, 5) is 54.5. The Labute approximate surface area is 220 Å². The fourth-order valence-corrected chi connectivity index (χ4v) is 5.57. The van der Waals surface area contributed by atoms with Crippen molar-refractivity contribution in [3.8, 4) is 0 Å². The molecule has 1 aliphatic heterocycles. The summed E-state index contributed by atoms with van der Waals surface area (Å²) < 4.78 is 1.72. The van der Waals surface area contributed by atoms with Crippen molar-refractivity contribution >= 4 is 34.3 Å². The molecular weight excluding hydrogens is 486 g/mol. The smallest absolute Gasteiger partial charge is 0.317 e. The number of hydrogen-bond donors (Lipinski definition) is 2. The van der Waals surface area contributed by atoms with E-state index in [9.17, 15) is 14.4 Å². The number of rotatable bonds is 8. The Balaban J connectivity index is 1.32. The van der Waals surface area contributed by atoms with Crippen molar-refractivity contribution < 1.29 is 14.7 Å². The van der Waals surface area contributed by atoms with Crippen LogP contribution in [-0.4, -0.2) is 74.0 Å². The minimum atomic E-state index is -0.802. The molecule has 4 heterocycles. The molecule has 1 saturated heterocycles. The Morgan fingerprint density at radius 3 is 2.45 bits per heavy atom. The number of anilines is 2. The zero-order valence-electron chi connectivity index (χ0n) is 21.8. The number of hydrogen-bond acceptors (Lipinski definition) is 9. The average Bonchev–Trinajstić information content (AvgIpc) is 3.42. The number of nitrogens with one attached hydrogen (secondary N) is 1. The fraction of sp³-hybridized carbons (Fsp3) is 0.481. The number of ketones is 1. The summed E-state index contributed by atoms with van der Waals surface area (Å²) >= 11 is 0. The topological polar surface area (TPSA) is 134 Å². The van der Waals surface area contributed by atoms with Gasteiger partial charge >= 0.3 is 5.97 Å². The van der Waals surface area contributed by atoms with Gasteiger partial charge in [0.1, 0.15) is 17.3 Å². The highest BCUT2D eigenvalue weighted by Gasteiger charge is 2.26. The van der Waals surface area contributed by atoms with E-state index in [0.29, 0.717) is 42.5 Å². The Kier molecular flexibility index (Phi) is 7.37. The van der Waals surface area contributed by atoms with Gasteiger partial charge in [-0.25, -0.2) is 15.0 Å². The van der Waals surface area contributed by atoms with Crippen LogP contribution in [0.3, 0.4) is 0 Å². The minimum absolute atomic E-state index is 0.0413. The molecule has 2 N–H and O–H groups in total.